The second-order valence-electron chi connectivity index (χ2n) is 4.78. The van der Waals surface area contributed by atoms with E-state index in [-0.39, 0.29) is 0 Å². The maximum Gasteiger partial charge on any atom is 0.416 e. The van der Waals surface area contributed by atoms with Crippen molar-refractivity contribution in [1.29, 1.82) is 0 Å². The van der Waals surface area contributed by atoms with Crippen molar-refractivity contribution in [2.45, 2.75) is 32.4 Å². The van der Waals surface area contributed by atoms with Gasteiger partial charge in [0.1, 0.15) is 0 Å². The highest BCUT2D eigenvalue weighted by atomic mass is 19.4. The van der Waals surface area contributed by atoms with Gasteiger partial charge in [-0.25, -0.2) is 9.97 Å². The lowest BCUT2D eigenvalue weighted by molar-refractivity contribution is -0.137. The Morgan fingerprint density at radius 1 is 1.05 bits per heavy atom. The minimum absolute atomic E-state index is 0.382. The Morgan fingerprint density at radius 2 is 1.68 bits per heavy atom. The molecule has 5 heteroatoms. The summed E-state index contributed by atoms with van der Waals surface area (Å²) in [6.45, 7) is 2.10. The average Bonchev–Trinajstić information content (AvgIpc) is 2.51. The molecule has 1 aromatic heterocycles. The smallest absolute Gasteiger partial charge is 0.235 e. The van der Waals surface area contributed by atoms with Gasteiger partial charge in [-0.2, -0.15) is 13.2 Å². The third-order valence-electron chi connectivity index (χ3n) is 3.01. The van der Waals surface area contributed by atoms with Crippen molar-refractivity contribution in [3.8, 4) is 23.2 Å². The molecule has 0 saturated heterocycles. The van der Waals surface area contributed by atoms with Crippen molar-refractivity contribution in [2.75, 3.05) is 0 Å². The zero-order valence-electron chi connectivity index (χ0n) is 12.1. The lowest BCUT2D eigenvalue weighted by atomic mass is 10.1. The Labute approximate surface area is 127 Å². The highest BCUT2D eigenvalue weighted by Gasteiger charge is 2.30. The molecule has 0 aliphatic carbocycles. The van der Waals surface area contributed by atoms with Gasteiger partial charge < -0.3 is 0 Å². The van der Waals surface area contributed by atoms with Crippen molar-refractivity contribution in [3.63, 3.8) is 0 Å². The third kappa shape index (κ3) is 4.32. The van der Waals surface area contributed by atoms with E-state index in [9.17, 15) is 13.2 Å². The maximum atomic E-state index is 12.5. The summed E-state index contributed by atoms with van der Waals surface area (Å²) in [5.74, 6) is 6.38. The van der Waals surface area contributed by atoms with Crippen LogP contribution in [0.25, 0.3) is 11.4 Å². The topological polar surface area (TPSA) is 25.8 Å². The van der Waals surface area contributed by atoms with Crippen LogP contribution in [0.4, 0.5) is 13.2 Å². The zero-order chi connectivity index (χ0) is 16.0. The van der Waals surface area contributed by atoms with Crippen LogP contribution in [0.5, 0.6) is 0 Å². The number of halogens is 3. The quantitative estimate of drug-likeness (QED) is 0.606. The molecule has 2 aromatic rings. The normalized spacial score (nSPS) is 10.9. The Hall–Kier alpha value is -2.35. The summed E-state index contributed by atoms with van der Waals surface area (Å²) < 4.78 is 37.5. The summed E-state index contributed by atoms with van der Waals surface area (Å²) in [5.41, 5.74) is 0.555. The molecule has 0 atom stereocenters. The molecule has 2 nitrogen and oxygen atoms in total. The summed E-state index contributed by atoms with van der Waals surface area (Å²) in [7, 11) is 0. The van der Waals surface area contributed by atoms with Gasteiger partial charge in [-0.15, -0.1) is 0 Å². The standard InChI is InChI=1S/C17H15F3N2/c1-2-3-4-5-6-13-11-21-16(22-12-13)14-7-9-15(10-8-14)17(18,19)20/h7-12H,2-4H2,1H3. The minimum Gasteiger partial charge on any atom is -0.235 e. The number of hydrogen-bond donors (Lipinski definition) is 0. The molecule has 0 aliphatic heterocycles. The molecule has 1 aromatic carbocycles. The summed E-state index contributed by atoms with van der Waals surface area (Å²) in [6, 6.07) is 4.78. The molecular weight excluding hydrogens is 289 g/mol. The highest BCUT2D eigenvalue weighted by Crippen LogP contribution is 2.30. The van der Waals surface area contributed by atoms with Gasteiger partial charge in [-0.05, 0) is 18.6 Å². The van der Waals surface area contributed by atoms with E-state index in [1.54, 1.807) is 12.4 Å². The SMILES string of the molecule is CCCCC#Cc1cnc(-c2ccc(C(F)(F)F)cc2)nc1. The van der Waals surface area contributed by atoms with E-state index in [4.69, 9.17) is 0 Å². The van der Waals surface area contributed by atoms with Gasteiger partial charge in [0, 0.05) is 24.4 Å². The van der Waals surface area contributed by atoms with Crippen LogP contribution in [0.15, 0.2) is 36.7 Å². The van der Waals surface area contributed by atoms with Gasteiger partial charge in [0.05, 0.1) is 11.1 Å². The minimum atomic E-state index is -4.34. The molecule has 0 fully saturated rings. The van der Waals surface area contributed by atoms with Crippen LogP contribution in [-0.4, -0.2) is 9.97 Å². The van der Waals surface area contributed by atoms with Crippen LogP contribution in [0.3, 0.4) is 0 Å². The van der Waals surface area contributed by atoms with E-state index in [0.29, 0.717) is 17.0 Å². The summed E-state index contributed by atoms with van der Waals surface area (Å²) in [5, 5.41) is 0. The van der Waals surface area contributed by atoms with E-state index < -0.39 is 11.7 Å². The second-order valence-corrected chi connectivity index (χ2v) is 4.78. The van der Waals surface area contributed by atoms with Crippen LogP contribution in [0.2, 0.25) is 0 Å². The lowest BCUT2D eigenvalue weighted by Gasteiger charge is -2.06. The van der Waals surface area contributed by atoms with Crippen LogP contribution >= 0.6 is 0 Å². The van der Waals surface area contributed by atoms with E-state index in [0.717, 1.165) is 31.4 Å². The summed E-state index contributed by atoms with van der Waals surface area (Å²) in [4.78, 5) is 8.29. The lowest BCUT2D eigenvalue weighted by Crippen LogP contribution is -2.04. The van der Waals surface area contributed by atoms with Gasteiger partial charge in [0.25, 0.3) is 0 Å². The van der Waals surface area contributed by atoms with E-state index >= 15 is 0 Å². The highest BCUT2D eigenvalue weighted by molar-refractivity contribution is 5.55. The molecule has 0 aliphatic rings. The Kier molecular flexibility index (Phi) is 5.16. The Morgan fingerprint density at radius 3 is 2.23 bits per heavy atom. The molecule has 0 bridgehead atoms. The van der Waals surface area contributed by atoms with Crippen LogP contribution < -0.4 is 0 Å². The van der Waals surface area contributed by atoms with Gasteiger partial charge in [-0.3, -0.25) is 0 Å². The molecule has 2 rings (SSSR count). The van der Waals surface area contributed by atoms with E-state index in [1.165, 1.54) is 12.1 Å². The van der Waals surface area contributed by atoms with Gasteiger partial charge in [-0.1, -0.05) is 37.3 Å². The molecule has 0 spiro atoms. The number of hydrogen-bond acceptors (Lipinski definition) is 2. The van der Waals surface area contributed by atoms with Crippen molar-refractivity contribution in [3.05, 3.63) is 47.8 Å². The Balaban J connectivity index is 2.11. The fraction of sp³-hybridized carbons (Fsp3) is 0.294. The molecule has 1 heterocycles. The summed E-state index contributed by atoms with van der Waals surface area (Å²) >= 11 is 0. The molecular formula is C17H15F3N2. The molecule has 0 N–H and O–H groups in total. The molecule has 22 heavy (non-hydrogen) atoms. The number of rotatable bonds is 3. The molecule has 0 radical (unpaired) electrons. The first-order valence-corrected chi connectivity index (χ1v) is 6.99. The van der Waals surface area contributed by atoms with Gasteiger partial charge >= 0.3 is 6.18 Å². The molecule has 0 amide bonds. The summed E-state index contributed by atoms with van der Waals surface area (Å²) in [6.07, 6.45) is 1.81. The van der Waals surface area contributed by atoms with Crippen LogP contribution in [0.1, 0.15) is 37.3 Å². The third-order valence-corrected chi connectivity index (χ3v) is 3.01. The first-order chi connectivity index (χ1) is 10.5. The number of alkyl halides is 3. The number of nitrogens with zero attached hydrogens (tertiary/aromatic N) is 2. The monoisotopic (exact) mass is 304 g/mol. The molecule has 114 valence electrons. The number of aromatic nitrogens is 2. The van der Waals surface area contributed by atoms with Gasteiger partial charge in [0.2, 0.25) is 0 Å². The predicted octanol–water partition coefficient (Wildman–Crippen LogP) is 4.70. The van der Waals surface area contributed by atoms with Crippen LogP contribution in [-0.2, 0) is 6.18 Å². The average molecular weight is 304 g/mol. The van der Waals surface area contributed by atoms with Gasteiger partial charge in [0.15, 0.2) is 5.82 Å². The van der Waals surface area contributed by atoms with E-state index in [1.807, 2.05) is 0 Å². The maximum absolute atomic E-state index is 12.5. The molecule has 0 saturated carbocycles. The fourth-order valence-corrected chi connectivity index (χ4v) is 1.78. The van der Waals surface area contributed by atoms with Crippen molar-refractivity contribution >= 4 is 0 Å². The second kappa shape index (κ2) is 7.08. The molecule has 0 unspecified atom stereocenters. The number of benzene rings is 1. The zero-order valence-corrected chi connectivity index (χ0v) is 12.1. The van der Waals surface area contributed by atoms with Crippen molar-refractivity contribution in [1.82, 2.24) is 9.97 Å². The largest absolute Gasteiger partial charge is 0.416 e. The first-order valence-electron chi connectivity index (χ1n) is 6.99. The fourth-order valence-electron chi connectivity index (χ4n) is 1.78. The van der Waals surface area contributed by atoms with Crippen LogP contribution in [0, 0.1) is 11.8 Å². The Bertz CT molecular complexity index is 662. The van der Waals surface area contributed by atoms with Crippen molar-refractivity contribution < 1.29 is 13.2 Å². The number of unbranched alkanes of at least 4 members (excludes halogenated alkanes) is 2. The van der Waals surface area contributed by atoms with E-state index in [2.05, 4.69) is 28.7 Å². The predicted molar refractivity (Wildman–Crippen MR) is 78.9 cm³/mol. The first kappa shape index (κ1) is 16.0. The van der Waals surface area contributed by atoms with Crippen molar-refractivity contribution in [2.24, 2.45) is 0 Å².